The number of aryl methyl sites for hydroxylation is 2. The standard InChI is InChI=1S/C10H13N5/c1-7-5-15(10(11)13-7)6-9-3-4-12-8(2)14-9/h3-5H,6H2,1-2H3,(H2,11,13). The fourth-order valence-corrected chi connectivity index (χ4v) is 1.46. The first-order valence-electron chi connectivity index (χ1n) is 4.73. The van der Waals surface area contributed by atoms with E-state index in [0.29, 0.717) is 12.5 Å². The van der Waals surface area contributed by atoms with E-state index in [-0.39, 0.29) is 0 Å². The van der Waals surface area contributed by atoms with Crippen molar-refractivity contribution >= 4 is 5.95 Å². The van der Waals surface area contributed by atoms with Gasteiger partial charge in [-0.3, -0.25) is 0 Å². The molecule has 2 heterocycles. The molecule has 0 radical (unpaired) electrons. The molecule has 2 aromatic heterocycles. The molecule has 0 aliphatic rings. The molecule has 0 unspecified atom stereocenters. The van der Waals surface area contributed by atoms with Gasteiger partial charge in [-0.05, 0) is 19.9 Å². The summed E-state index contributed by atoms with van der Waals surface area (Å²) in [6.45, 7) is 4.42. The van der Waals surface area contributed by atoms with Crippen LogP contribution in [0.3, 0.4) is 0 Å². The summed E-state index contributed by atoms with van der Waals surface area (Å²) in [6.07, 6.45) is 3.66. The summed E-state index contributed by atoms with van der Waals surface area (Å²) in [4.78, 5) is 12.5. The van der Waals surface area contributed by atoms with E-state index >= 15 is 0 Å². The zero-order chi connectivity index (χ0) is 10.8. The molecule has 0 aromatic carbocycles. The lowest BCUT2D eigenvalue weighted by Crippen LogP contribution is -2.05. The van der Waals surface area contributed by atoms with Crippen molar-refractivity contribution in [3.8, 4) is 0 Å². The zero-order valence-corrected chi connectivity index (χ0v) is 8.81. The lowest BCUT2D eigenvalue weighted by molar-refractivity contribution is 0.772. The van der Waals surface area contributed by atoms with Gasteiger partial charge in [0, 0.05) is 12.4 Å². The lowest BCUT2D eigenvalue weighted by atomic mass is 10.4. The highest BCUT2D eigenvalue weighted by Gasteiger charge is 2.03. The van der Waals surface area contributed by atoms with E-state index in [4.69, 9.17) is 5.73 Å². The minimum atomic E-state index is 0.517. The molecule has 0 bridgehead atoms. The number of nitrogens with two attached hydrogens (primary N) is 1. The van der Waals surface area contributed by atoms with Crippen LogP contribution in [0.25, 0.3) is 0 Å². The van der Waals surface area contributed by atoms with Crippen LogP contribution in [0.15, 0.2) is 18.5 Å². The molecule has 5 nitrogen and oxygen atoms in total. The van der Waals surface area contributed by atoms with Crippen molar-refractivity contribution in [1.82, 2.24) is 19.5 Å². The maximum absolute atomic E-state index is 5.74. The molecule has 5 heteroatoms. The SMILES string of the molecule is Cc1cn(Cc2ccnc(C)n2)c(N)n1. The maximum atomic E-state index is 5.74. The molecular weight excluding hydrogens is 190 g/mol. The van der Waals surface area contributed by atoms with Crippen LogP contribution in [0.2, 0.25) is 0 Å². The number of nitrogens with zero attached hydrogens (tertiary/aromatic N) is 4. The fraction of sp³-hybridized carbons (Fsp3) is 0.300. The van der Waals surface area contributed by atoms with E-state index in [0.717, 1.165) is 17.2 Å². The molecule has 0 saturated carbocycles. The number of rotatable bonds is 2. The van der Waals surface area contributed by atoms with E-state index < -0.39 is 0 Å². The van der Waals surface area contributed by atoms with E-state index in [1.165, 1.54) is 0 Å². The molecule has 0 atom stereocenters. The van der Waals surface area contributed by atoms with Gasteiger partial charge in [-0.2, -0.15) is 0 Å². The van der Waals surface area contributed by atoms with Crippen LogP contribution in [-0.2, 0) is 6.54 Å². The highest BCUT2D eigenvalue weighted by Crippen LogP contribution is 2.07. The largest absolute Gasteiger partial charge is 0.369 e. The molecule has 2 aromatic rings. The number of anilines is 1. The average molecular weight is 203 g/mol. The van der Waals surface area contributed by atoms with Gasteiger partial charge in [0.15, 0.2) is 0 Å². The van der Waals surface area contributed by atoms with Crippen molar-refractivity contribution in [2.45, 2.75) is 20.4 Å². The third-order valence-corrected chi connectivity index (χ3v) is 2.09. The first-order chi connectivity index (χ1) is 7.15. The molecule has 15 heavy (non-hydrogen) atoms. The molecule has 0 amide bonds. The monoisotopic (exact) mass is 203 g/mol. The lowest BCUT2D eigenvalue weighted by Gasteiger charge is -2.03. The number of aromatic nitrogens is 4. The second kappa shape index (κ2) is 3.68. The molecule has 0 fully saturated rings. The van der Waals surface area contributed by atoms with Gasteiger partial charge in [0.1, 0.15) is 5.82 Å². The summed E-state index contributed by atoms with van der Waals surface area (Å²) in [7, 11) is 0. The van der Waals surface area contributed by atoms with Crippen molar-refractivity contribution in [3.63, 3.8) is 0 Å². The Balaban J connectivity index is 2.25. The fourth-order valence-electron chi connectivity index (χ4n) is 1.46. The first kappa shape index (κ1) is 9.64. The number of hydrogen-bond donors (Lipinski definition) is 1. The second-order valence-corrected chi connectivity index (χ2v) is 3.46. The number of hydrogen-bond acceptors (Lipinski definition) is 4. The van der Waals surface area contributed by atoms with Gasteiger partial charge >= 0.3 is 0 Å². The third-order valence-electron chi connectivity index (χ3n) is 2.09. The maximum Gasteiger partial charge on any atom is 0.200 e. The Kier molecular flexibility index (Phi) is 2.37. The summed E-state index contributed by atoms with van der Waals surface area (Å²) < 4.78 is 1.87. The zero-order valence-electron chi connectivity index (χ0n) is 8.81. The molecule has 0 spiro atoms. The van der Waals surface area contributed by atoms with Crippen molar-refractivity contribution in [2.24, 2.45) is 0 Å². The highest BCUT2D eigenvalue weighted by atomic mass is 15.1. The minimum Gasteiger partial charge on any atom is -0.369 e. The molecule has 78 valence electrons. The van der Waals surface area contributed by atoms with Crippen LogP contribution >= 0.6 is 0 Å². The highest BCUT2D eigenvalue weighted by molar-refractivity contribution is 5.22. The second-order valence-electron chi connectivity index (χ2n) is 3.46. The summed E-state index contributed by atoms with van der Waals surface area (Å²) in [5.74, 6) is 1.28. The van der Waals surface area contributed by atoms with Gasteiger partial charge in [-0.25, -0.2) is 15.0 Å². The Morgan fingerprint density at radius 2 is 2.13 bits per heavy atom. The van der Waals surface area contributed by atoms with Gasteiger partial charge in [0.2, 0.25) is 5.95 Å². The van der Waals surface area contributed by atoms with E-state index in [1.807, 2.05) is 30.7 Å². The van der Waals surface area contributed by atoms with E-state index in [1.54, 1.807) is 6.20 Å². The van der Waals surface area contributed by atoms with Crippen LogP contribution in [0.1, 0.15) is 17.2 Å². The van der Waals surface area contributed by atoms with E-state index in [2.05, 4.69) is 15.0 Å². The Morgan fingerprint density at radius 1 is 1.33 bits per heavy atom. The topological polar surface area (TPSA) is 69.6 Å². The van der Waals surface area contributed by atoms with Crippen LogP contribution in [0, 0.1) is 13.8 Å². The van der Waals surface area contributed by atoms with E-state index in [9.17, 15) is 0 Å². The summed E-state index contributed by atoms with van der Waals surface area (Å²) in [6, 6.07) is 1.88. The summed E-state index contributed by atoms with van der Waals surface area (Å²) in [5, 5.41) is 0. The number of imidazole rings is 1. The normalized spacial score (nSPS) is 10.5. The van der Waals surface area contributed by atoms with Crippen LogP contribution in [0.5, 0.6) is 0 Å². The van der Waals surface area contributed by atoms with Gasteiger partial charge in [-0.1, -0.05) is 0 Å². The molecule has 0 saturated heterocycles. The van der Waals surface area contributed by atoms with Crippen molar-refractivity contribution in [3.05, 3.63) is 35.7 Å². The third kappa shape index (κ3) is 2.12. The predicted molar refractivity (Wildman–Crippen MR) is 57.2 cm³/mol. The van der Waals surface area contributed by atoms with Gasteiger partial charge < -0.3 is 10.3 Å². The van der Waals surface area contributed by atoms with Crippen molar-refractivity contribution in [2.75, 3.05) is 5.73 Å². The Morgan fingerprint density at radius 3 is 2.73 bits per heavy atom. The van der Waals surface area contributed by atoms with Gasteiger partial charge in [0.25, 0.3) is 0 Å². The first-order valence-corrected chi connectivity index (χ1v) is 4.73. The smallest absolute Gasteiger partial charge is 0.200 e. The predicted octanol–water partition coefficient (Wildman–Crippen LogP) is 0.920. The molecule has 2 rings (SSSR count). The molecule has 0 aliphatic heterocycles. The quantitative estimate of drug-likeness (QED) is 0.788. The Bertz CT molecular complexity index is 474. The Labute approximate surface area is 88.0 Å². The summed E-state index contributed by atoms with van der Waals surface area (Å²) >= 11 is 0. The molecular formula is C10H13N5. The number of nitrogen functional groups attached to an aromatic ring is 1. The van der Waals surface area contributed by atoms with Crippen molar-refractivity contribution in [1.29, 1.82) is 0 Å². The van der Waals surface area contributed by atoms with Gasteiger partial charge in [0.05, 0.1) is 17.9 Å². The molecule has 2 N–H and O–H groups in total. The van der Waals surface area contributed by atoms with Crippen LogP contribution in [-0.4, -0.2) is 19.5 Å². The van der Waals surface area contributed by atoms with Crippen LogP contribution < -0.4 is 5.73 Å². The van der Waals surface area contributed by atoms with Crippen LogP contribution in [0.4, 0.5) is 5.95 Å². The summed E-state index contributed by atoms with van der Waals surface area (Å²) in [5.41, 5.74) is 7.59. The molecule has 0 aliphatic carbocycles. The minimum absolute atomic E-state index is 0.517. The average Bonchev–Trinajstić information content (AvgIpc) is 2.45. The van der Waals surface area contributed by atoms with Crippen molar-refractivity contribution < 1.29 is 0 Å². The van der Waals surface area contributed by atoms with Gasteiger partial charge in [-0.15, -0.1) is 0 Å². The Hall–Kier alpha value is -1.91.